The Kier molecular flexibility index (Phi) is 5.21. The van der Waals surface area contributed by atoms with Crippen LogP contribution in [0.15, 0.2) is 158 Å². The van der Waals surface area contributed by atoms with Crippen molar-refractivity contribution in [1.29, 1.82) is 0 Å². The zero-order chi connectivity index (χ0) is 30.4. The van der Waals surface area contributed by atoms with Crippen molar-refractivity contribution < 1.29 is 4.79 Å². The highest BCUT2D eigenvalue weighted by Gasteiger charge is 2.17. The molecule has 212 valence electrons. The van der Waals surface area contributed by atoms with E-state index in [0.717, 1.165) is 43.4 Å². The quantitative estimate of drug-likeness (QED) is 0.146. The van der Waals surface area contributed by atoms with E-state index in [1.807, 2.05) is 24.3 Å². The SMILES string of the molecule is O=C(c1cccc2cc3cc4cc5ccccc5cc4cc3cc12)c1cccc2cc3cc4cc5ccccc5cc4cc3cc12. The fraction of sp³-hybridized carbons (Fsp3) is 0. The van der Waals surface area contributed by atoms with Gasteiger partial charge in [-0.1, -0.05) is 84.9 Å². The first-order chi connectivity index (χ1) is 22.6. The fourth-order valence-corrected chi connectivity index (χ4v) is 7.48. The molecule has 0 aliphatic rings. The van der Waals surface area contributed by atoms with E-state index in [1.165, 1.54) is 53.9 Å². The Morgan fingerprint density at radius 3 is 0.870 bits per heavy atom. The standard InChI is InChI=1S/C45H26O/c46-45(41-13-5-11-31-19-37-21-33-15-27-7-1-3-9-29(27)17-35(33)23-39(37)25-43(31)41)42-14-6-12-32-20-38-22-34-16-28-8-2-4-10-30(28)18-36(34)24-40(38)26-44(32)42/h1-26H. The lowest BCUT2D eigenvalue weighted by molar-refractivity contribution is 0.104. The molecule has 0 aliphatic carbocycles. The van der Waals surface area contributed by atoms with Gasteiger partial charge in [0.05, 0.1) is 0 Å². The van der Waals surface area contributed by atoms with Crippen LogP contribution >= 0.6 is 0 Å². The summed E-state index contributed by atoms with van der Waals surface area (Å²) >= 11 is 0. The lowest BCUT2D eigenvalue weighted by atomic mass is 9.90. The first-order valence-electron chi connectivity index (χ1n) is 15.8. The van der Waals surface area contributed by atoms with E-state index >= 15 is 0 Å². The maximum Gasteiger partial charge on any atom is 0.194 e. The highest BCUT2D eigenvalue weighted by molar-refractivity contribution is 6.24. The van der Waals surface area contributed by atoms with Crippen LogP contribution < -0.4 is 0 Å². The van der Waals surface area contributed by atoms with E-state index in [-0.39, 0.29) is 5.78 Å². The van der Waals surface area contributed by atoms with Gasteiger partial charge in [0.25, 0.3) is 0 Å². The first kappa shape index (κ1) is 25.3. The Balaban J connectivity index is 1.14. The Labute approximate surface area is 264 Å². The molecule has 1 nitrogen and oxygen atoms in total. The van der Waals surface area contributed by atoms with Crippen LogP contribution in [0.1, 0.15) is 15.9 Å². The average molecular weight is 583 g/mol. The van der Waals surface area contributed by atoms with E-state index in [9.17, 15) is 4.79 Å². The molecule has 0 unspecified atom stereocenters. The van der Waals surface area contributed by atoms with Crippen LogP contribution in [-0.4, -0.2) is 5.78 Å². The normalized spacial score (nSPS) is 12.0. The van der Waals surface area contributed by atoms with Crippen LogP contribution in [0.5, 0.6) is 0 Å². The van der Waals surface area contributed by atoms with Crippen LogP contribution in [0.25, 0.3) is 86.2 Å². The van der Waals surface area contributed by atoms with E-state index in [2.05, 4.69) is 133 Å². The van der Waals surface area contributed by atoms with Crippen molar-refractivity contribution in [2.75, 3.05) is 0 Å². The molecule has 0 spiro atoms. The topological polar surface area (TPSA) is 17.1 Å². The van der Waals surface area contributed by atoms with Gasteiger partial charge in [-0.2, -0.15) is 0 Å². The number of ketones is 1. The lowest BCUT2D eigenvalue weighted by Gasteiger charge is -2.12. The van der Waals surface area contributed by atoms with Crippen molar-refractivity contribution in [3.8, 4) is 0 Å². The van der Waals surface area contributed by atoms with E-state index in [0.29, 0.717) is 0 Å². The average Bonchev–Trinajstić information content (AvgIpc) is 3.08. The zero-order valence-corrected chi connectivity index (χ0v) is 24.9. The van der Waals surface area contributed by atoms with E-state index in [4.69, 9.17) is 0 Å². The van der Waals surface area contributed by atoms with Gasteiger partial charge in [0, 0.05) is 11.1 Å². The van der Waals surface area contributed by atoms with Gasteiger partial charge in [-0.3, -0.25) is 4.79 Å². The molecule has 1 heteroatoms. The predicted octanol–water partition coefficient (Wildman–Crippen LogP) is 12.1. The minimum Gasteiger partial charge on any atom is -0.289 e. The Hall–Kier alpha value is -6.05. The lowest BCUT2D eigenvalue weighted by Crippen LogP contribution is -2.03. The van der Waals surface area contributed by atoms with Crippen molar-refractivity contribution in [3.63, 3.8) is 0 Å². The smallest absolute Gasteiger partial charge is 0.194 e. The van der Waals surface area contributed by atoms with Crippen LogP contribution in [0.3, 0.4) is 0 Å². The number of benzene rings is 10. The van der Waals surface area contributed by atoms with Gasteiger partial charge in [-0.05, 0) is 159 Å². The molecule has 0 N–H and O–H groups in total. The number of rotatable bonds is 2. The number of fused-ring (bicyclic) bond motifs is 8. The van der Waals surface area contributed by atoms with Crippen LogP contribution in [-0.2, 0) is 0 Å². The van der Waals surface area contributed by atoms with Crippen molar-refractivity contribution >= 4 is 92.0 Å². The Morgan fingerprint density at radius 1 is 0.261 bits per heavy atom. The van der Waals surface area contributed by atoms with Gasteiger partial charge in [0.15, 0.2) is 5.78 Å². The summed E-state index contributed by atoms with van der Waals surface area (Å²) in [6.07, 6.45) is 0. The summed E-state index contributed by atoms with van der Waals surface area (Å²) in [4.78, 5) is 14.5. The number of hydrogen-bond donors (Lipinski definition) is 0. The molecule has 0 atom stereocenters. The summed E-state index contributed by atoms with van der Waals surface area (Å²) in [5.74, 6) is 0.0495. The molecule has 46 heavy (non-hydrogen) atoms. The van der Waals surface area contributed by atoms with Gasteiger partial charge in [0.2, 0.25) is 0 Å². The molecule has 0 saturated carbocycles. The van der Waals surface area contributed by atoms with Gasteiger partial charge in [-0.25, -0.2) is 0 Å². The van der Waals surface area contributed by atoms with E-state index in [1.54, 1.807) is 0 Å². The molecule has 10 aromatic carbocycles. The highest BCUT2D eigenvalue weighted by Crippen LogP contribution is 2.35. The Morgan fingerprint density at radius 2 is 0.522 bits per heavy atom. The van der Waals surface area contributed by atoms with Crippen molar-refractivity contribution in [2.24, 2.45) is 0 Å². The zero-order valence-electron chi connectivity index (χ0n) is 24.9. The monoisotopic (exact) mass is 582 g/mol. The molecular formula is C45H26O. The molecule has 10 aromatic rings. The van der Waals surface area contributed by atoms with Crippen LogP contribution in [0.4, 0.5) is 0 Å². The molecule has 0 fully saturated rings. The number of carbonyl (C=O) groups is 1. The summed E-state index contributed by atoms with van der Waals surface area (Å²) < 4.78 is 0. The summed E-state index contributed by atoms with van der Waals surface area (Å²) in [5.41, 5.74) is 1.46. The molecule has 0 aliphatic heterocycles. The maximum atomic E-state index is 14.5. The summed E-state index contributed by atoms with van der Waals surface area (Å²) in [6, 6.07) is 56.1. The van der Waals surface area contributed by atoms with Crippen molar-refractivity contribution in [2.45, 2.75) is 0 Å². The molecule has 0 bridgehead atoms. The second-order valence-corrected chi connectivity index (χ2v) is 12.6. The minimum absolute atomic E-state index is 0.0495. The van der Waals surface area contributed by atoms with E-state index < -0.39 is 0 Å². The van der Waals surface area contributed by atoms with Gasteiger partial charge >= 0.3 is 0 Å². The Bertz CT molecular complexity index is 2730. The summed E-state index contributed by atoms with van der Waals surface area (Å²) in [5, 5.41) is 18.5. The third-order valence-electron chi connectivity index (χ3n) is 9.80. The largest absolute Gasteiger partial charge is 0.289 e. The molecule has 0 heterocycles. The molecule has 0 amide bonds. The van der Waals surface area contributed by atoms with Crippen molar-refractivity contribution in [1.82, 2.24) is 0 Å². The van der Waals surface area contributed by atoms with Gasteiger partial charge in [0.1, 0.15) is 0 Å². The van der Waals surface area contributed by atoms with Gasteiger partial charge in [-0.15, -0.1) is 0 Å². The van der Waals surface area contributed by atoms with Crippen LogP contribution in [0.2, 0.25) is 0 Å². The highest BCUT2D eigenvalue weighted by atomic mass is 16.1. The molecular weight excluding hydrogens is 556 g/mol. The minimum atomic E-state index is 0.0495. The summed E-state index contributed by atoms with van der Waals surface area (Å²) in [6.45, 7) is 0. The predicted molar refractivity (Wildman–Crippen MR) is 196 cm³/mol. The van der Waals surface area contributed by atoms with Crippen molar-refractivity contribution in [3.05, 3.63) is 169 Å². The van der Waals surface area contributed by atoms with Gasteiger partial charge < -0.3 is 0 Å². The second kappa shape index (κ2) is 9.47. The van der Waals surface area contributed by atoms with Crippen LogP contribution in [0, 0.1) is 0 Å². The maximum absolute atomic E-state index is 14.5. The molecule has 10 rings (SSSR count). The number of hydrogen-bond acceptors (Lipinski definition) is 1. The second-order valence-electron chi connectivity index (χ2n) is 12.6. The first-order valence-corrected chi connectivity index (χ1v) is 15.8. The number of carbonyl (C=O) groups excluding carboxylic acids is 1. The molecule has 0 saturated heterocycles. The fourth-order valence-electron chi connectivity index (χ4n) is 7.48. The third-order valence-corrected chi connectivity index (χ3v) is 9.80. The molecule has 0 aromatic heterocycles. The summed E-state index contributed by atoms with van der Waals surface area (Å²) in [7, 11) is 0. The third kappa shape index (κ3) is 3.85. The molecule has 0 radical (unpaired) electrons.